The van der Waals surface area contributed by atoms with E-state index in [1.807, 2.05) is 55.5 Å². The molecule has 6 heteroatoms. The first kappa shape index (κ1) is 20.6. The normalized spacial score (nSPS) is 11.2. The Morgan fingerprint density at radius 2 is 1.97 bits per heavy atom. The average molecular weight is 410 g/mol. The molecule has 5 nitrogen and oxygen atoms in total. The highest BCUT2D eigenvalue weighted by molar-refractivity contribution is 7.12. The monoisotopic (exact) mass is 409 g/mol. The molecule has 150 valence electrons. The number of thiazole rings is 1. The molecule has 3 rings (SSSR count). The third-order valence-corrected chi connectivity index (χ3v) is 5.06. The second-order valence-electron chi connectivity index (χ2n) is 6.22. The lowest BCUT2D eigenvalue weighted by Crippen LogP contribution is -2.03. The second-order valence-corrected chi connectivity index (χ2v) is 7.46. The molecule has 0 amide bonds. The standard InChI is InChI=1S/C23H23NO4S/c1-4-27-22(25)13-20(23-24-14-16(2)29-23)19-12-18(10-11-21(19)26-3)28-15-17-8-6-5-7-9-17/h5-14H,4,15H2,1-3H3. The highest BCUT2D eigenvalue weighted by Gasteiger charge is 2.17. The van der Waals surface area contributed by atoms with E-state index in [2.05, 4.69) is 4.98 Å². The van der Waals surface area contributed by atoms with Gasteiger partial charge in [0.2, 0.25) is 0 Å². The van der Waals surface area contributed by atoms with Crippen molar-refractivity contribution < 1.29 is 19.0 Å². The van der Waals surface area contributed by atoms with Crippen LogP contribution in [0, 0.1) is 6.92 Å². The van der Waals surface area contributed by atoms with Crippen molar-refractivity contribution in [3.8, 4) is 11.5 Å². The Bertz CT molecular complexity index is 995. The van der Waals surface area contributed by atoms with Gasteiger partial charge in [-0.3, -0.25) is 0 Å². The molecule has 1 aromatic heterocycles. The van der Waals surface area contributed by atoms with Crippen LogP contribution in [-0.4, -0.2) is 24.7 Å². The number of hydrogen-bond acceptors (Lipinski definition) is 6. The first-order valence-electron chi connectivity index (χ1n) is 9.27. The van der Waals surface area contributed by atoms with E-state index in [4.69, 9.17) is 14.2 Å². The summed E-state index contributed by atoms with van der Waals surface area (Å²) in [5.74, 6) is 0.876. The highest BCUT2D eigenvalue weighted by atomic mass is 32.1. The summed E-state index contributed by atoms with van der Waals surface area (Å²) in [5.41, 5.74) is 2.44. The minimum atomic E-state index is -0.423. The number of aryl methyl sites for hydroxylation is 1. The number of methoxy groups -OCH3 is 1. The zero-order valence-electron chi connectivity index (χ0n) is 16.7. The van der Waals surface area contributed by atoms with Crippen LogP contribution in [0.5, 0.6) is 11.5 Å². The number of ether oxygens (including phenoxy) is 3. The van der Waals surface area contributed by atoms with Crippen LogP contribution in [-0.2, 0) is 16.1 Å². The van der Waals surface area contributed by atoms with Gasteiger partial charge in [-0.25, -0.2) is 9.78 Å². The van der Waals surface area contributed by atoms with Crippen LogP contribution in [0.3, 0.4) is 0 Å². The molecule has 29 heavy (non-hydrogen) atoms. The van der Waals surface area contributed by atoms with Crippen LogP contribution in [0.4, 0.5) is 0 Å². The van der Waals surface area contributed by atoms with Crippen molar-refractivity contribution in [2.24, 2.45) is 0 Å². The number of carbonyl (C=O) groups is 1. The zero-order valence-corrected chi connectivity index (χ0v) is 17.5. The van der Waals surface area contributed by atoms with Crippen molar-refractivity contribution in [2.75, 3.05) is 13.7 Å². The maximum atomic E-state index is 12.2. The lowest BCUT2D eigenvalue weighted by atomic mass is 10.0. The van der Waals surface area contributed by atoms with Gasteiger partial charge in [-0.05, 0) is 37.6 Å². The van der Waals surface area contributed by atoms with E-state index in [1.54, 1.807) is 20.2 Å². The van der Waals surface area contributed by atoms with Crippen molar-refractivity contribution in [3.05, 3.63) is 81.8 Å². The van der Waals surface area contributed by atoms with Crippen molar-refractivity contribution in [1.82, 2.24) is 4.98 Å². The Kier molecular flexibility index (Phi) is 7.03. The Morgan fingerprint density at radius 1 is 1.17 bits per heavy atom. The van der Waals surface area contributed by atoms with E-state index < -0.39 is 5.97 Å². The minimum Gasteiger partial charge on any atom is -0.496 e. The van der Waals surface area contributed by atoms with Crippen LogP contribution >= 0.6 is 11.3 Å². The summed E-state index contributed by atoms with van der Waals surface area (Å²) in [6, 6.07) is 15.5. The second kappa shape index (κ2) is 9.89. The average Bonchev–Trinajstić information content (AvgIpc) is 3.17. The molecule has 2 aromatic carbocycles. The molecule has 0 saturated heterocycles. The highest BCUT2D eigenvalue weighted by Crippen LogP contribution is 2.36. The van der Waals surface area contributed by atoms with Gasteiger partial charge in [0.05, 0.1) is 13.7 Å². The third-order valence-electron chi connectivity index (χ3n) is 4.11. The van der Waals surface area contributed by atoms with Gasteiger partial charge in [-0.1, -0.05) is 30.3 Å². The fourth-order valence-electron chi connectivity index (χ4n) is 2.76. The van der Waals surface area contributed by atoms with Gasteiger partial charge in [0.15, 0.2) is 0 Å². The number of rotatable bonds is 8. The molecule has 0 radical (unpaired) electrons. The van der Waals surface area contributed by atoms with Gasteiger partial charge < -0.3 is 14.2 Å². The number of aromatic nitrogens is 1. The Labute approximate surface area is 174 Å². The smallest absolute Gasteiger partial charge is 0.331 e. The lowest BCUT2D eigenvalue weighted by Gasteiger charge is -2.14. The summed E-state index contributed by atoms with van der Waals surface area (Å²) in [6.07, 6.45) is 3.24. The predicted molar refractivity (Wildman–Crippen MR) is 114 cm³/mol. The molecular formula is C23H23NO4S. The SMILES string of the molecule is CCOC(=O)C=C(c1ncc(C)s1)c1cc(OCc2ccccc2)ccc1OC. The summed E-state index contributed by atoms with van der Waals surface area (Å²) >= 11 is 1.50. The first-order valence-corrected chi connectivity index (χ1v) is 10.1. The summed E-state index contributed by atoms with van der Waals surface area (Å²) in [4.78, 5) is 17.7. The molecule has 0 unspecified atom stereocenters. The molecule has 0 atom stereocenters. The summed E-state index contributed by atoms with van der Waals surface area (Å²) in [6.45, 7) is 4.49. The zero-order chi connectivity index (χ0) is 20.6. The van der Waals surface area contributed by atoms with Gasteiger partial charge in [-0.2, -0.15) is 0 Å². The van der Waals surface area contributed by atoms with Crippen molar-refractivity contribution in [1.29, 1.82) is 0 Å². The van der Waals surface area contributed by atoms with E-state index in [9.17, 15) is 4.79 Å². The van der Waals surface area contributed by atoms with Crippen molar-refractivity contribution >= 4 is 22.9 Å². The van der Waals surface area contributed by atoms with Crippen molar-refractivity contribution in [2.45, 2.75) is 20.5 Å². The van der Waals surface area contributed by atoms with Crippen LogP contribution in [0.15, 0.2) is 60.8 Å². The van der Waals surface area contributed by atoms with Crippen LogP contribution < -0.4 is 9.47 Å². The summed E-state index contributed by atoms with van der Waals surface area (Å²) in [5, 5.41) is 0.717. The van der Waals surface area contributed by atoms with E-state index >= 15 is 0 Å². The number of benzene rings is 2. The molecule has 0 aliphatic heterocycles. The molecule has 0 spiro atoms. The van der Waals surface area contributed by atoms with Crippen LogP contribution in [0.1, 0.15) is 27.9 Å². The first-order chi connectivity index (χ1) is 14.1. The van der Waals surface area contributed by atoms with Crippen LogP contribution in [0.2, 0.25) is 0 Å². The molecule has 1 heterocycles. The molecule has 0 saturated carbocycles. The molecule has 0 aliphatic carbocycles. The maximum Gasteiger partial charge on any atom is 0.331 e. The van der Waals surface area contributed by atoms with Gasteiger partial charge in [-0.15, -0.1) is 11.3 Å². The predicted octanol–water partition coefficient (Wildman–Crippen LogP) is 5.03. The summed E-state index contributed by atoms with van der Waals surface area (Å²) < 4.78 is 16.6. The van der Waals surface area contributed by atoms with E-state index in [1.165, 1.54) is 17.4 Å². The number of esters is 1. The van der Waals surface area contributed by atoms with Crippen LogP contribution in [0.25, 0.3) is 5.57 Å². The molecule has 0 fully saturated rings. The molecule has 0 aliphatic rings. The number of carbonyl (C=O) groups excluding carboxylic acids is 1. The fourth-order valence-corrected chi connectivity index (χ4v) is 3.56. The summed E-state index contributed by atoms with van der Waals surface area (Å²) in [7, 11) is 1.60. The molecule has 3 aromatic rings. The molecular weight excluding hydrogens is 386 g/mol. The van der Waals surface area contributed by atoms with Crippen molar-refractivity contribution in [3.63, 3.8) is 0 Å². The lowest BCUT2D eigenvalue weighted by molar-refractivity contribution is -0.137. The van der Waals surface area contributed by atoms with E-state index in [0.717, 1.165) is 16.0 Å². The van der Waals surface area contributed by atoms with Gasteiger partial charge in [0.1, 0.15) is 23.1 Å². The quantitative estimate of drug-likeness (QED) is 0.386. The van der Waals surface area contributed by atoms with Gasteiger partial charge in [0.25, 0.3) is 0 Å². The topological polar surface area (TPSA) is 57.7 Å². The van der Waals surface area contributed by atoms with E-state index in [0.29, 0.717) is 35.3 Å². The third kappa shape index (κ3) is 5.45. The maximum absolute atomic E-state index is 12.2. The molecule has 0 bridgehead atoms. The number of nitrogens with zero attached hydrogens (tertiary/aromatic N) is 1. The largest absolute Gasteiger partial charge is 0.496 e. The van der Waals surface area contributed by atoms with Gasteiger partial charge >= 0.3 is 5.97 Å². The Hall–Kier alpha value is -3.12. The molecule has 0 N–H and O–H groups in total. The van der Waals surface area contributed by atoms with E-state index in [-0.39, 0.29) is 0 Å². The fraction of sp³-hybridized carbons (Fsp3) is 0.217. The Morgan fingerprint density at radius 3 is 2.62 bits per heavy atom. The number of hydrogen-bond donors (Lipinski definition) is 0. The van der Waals surface area contributed by atoms with Gasteiger partial charge in [0, 0.05) is 28.3 Å². The Balaban J connectivity index is 1.98. The minimum absolute atomic E-state index is 0.302.